The van der Waals surface area contributed by atoms with Gasteiger partial charge in [0.05, 0.1) is 24.7 Å². The van der Waals surface area contributed by atoms with Crippen LogP contribution in [0, 0.1) is 0 Å². The Hall–Kier alpha value is -1.12. The average molecular weight is 315 g/mol. The first-order chi connectivity index (χ1) is 9.66. The van der Waals surface area contributed by atoms with Crippen LogP contribution < -0.4 is 4.80 Å². The number of hydrogen-bond donors (Lipinski definition) is 0. The summed E-state index contributed by atoms with van der Waals surface area (Å²) < 4.78 is 6.99. The van der Waals surface area contributed by atoms with Gasteiger partial charge >= 0.3 is 0 Å². The Bertz CT molecular complexity index is 532. The Kier molecular flexibility index (Phi) is 5.81. The van der Waals surface area contributed by atoms with Crippen molar-refractivity contribution in [3.8, 4) is 0 Å². The molecule has 1 aliphatic rings. The van der Waals surface area contributed by atoms with Crippen LogP contribution in [-0.4, -0.2) is 59.1 Å². The molecule has 0 atom stereocenters. The summed E-state index contributed by atoms with van der Waals surface area (Å²) in [6, 6.07) is 0. The van der Waals surface area contributed by atoms with Gasteiger partial charge in [-0.3, -0.25) is 9.59 Å². The SMILES string of the molecule is Cn1ccsc1=NC(=O)CSCC(=O)N1CCOCC1. The summed E-state index contributed by atoms with van der Waals surface area (Å²) >= 11 is 2.73. The van der Waals surface area contributed by atoms with Crippen molar-refractivity contribution in [3.63, 3.8) is 0 Å². The highest BCUT2D eigenvalue weighted by Crippen LogP contribution is 2.05. The largest absolute Gasteiger partial charge is 0.378 e. The fraction of sp³-hybridized carbons (Fsp3) is 0.583. The number of morpholine rings is 1. The molecule has 1 saturated heterocycles. The number of thioether (sulfide) groups is 1. The van der Waals surface area contributed by atoms with E-state index < -0.39 is 0 Å². The van der Waals surface area contributed by atoms with Crippen LogP contribution in [0.5, 0.6) is 0 Å². The maximum Gasteiger partial charge on any atom is 0.258 e. The maximum atomic E-state index is 11.9. The summed E-state index contributed by atoms with van der Waals surface area (Å²) in [6.45, 7) is 2.48. The maximum absolute atomic E-state index is 11.9. The molecular weight excluding hydrogens is 298 g/mol. The number of carbonyl (C=O) groups excluding carboxylic acids is 2. The molecule has 0 bridgehead atoms. The van der Waals surface area contributed by atoms with E-state index in [0.29, 0.717) is 36.9 Å². The Labute approximate surface area is 125 Å². The van der Waals surface area contributed by atoms with E-state index in [1.165, 1.54) is 23.1 Å². The molecule has 0 spiro atoms. The van der Waals surface area contributed by atoms with Crippen LogP contribution in [0.1, 0.15) is 0 Å². The Morgan fingerprint density at radius 3 is 2.80 bits per heavy atom. The number of aryl methyl sites for hydroxylation is 1. The highest BCUT2D eigenvalue weighted by atomic mass is 32.2. The first-order valence-corrected chi connectivity index (χ1v) is 8.31. The third-order valence-corrected chi connectivity index (χ3v) is 4.54. The summed E-state index contributed by atoms with van der Waals surface area (Å²) in [7, 11) is 1.84. The van der Waals surface area contributed by atoms with Crippen LogP contribution in [-0.2, 0) is 21.4 Å². The predicted octanol–water partition coefficient (Wildman–Crippen LogP) is 0.106. The van der Waals surface area contributed by atoms with Crippen molar-refractivity contribution < 1.29 is 14.3 Å². The second kappa shape index (κ2) is 7.61. The number of rotatable bonds is 4. The van der Waals surface area contributed by atoms with Gasteiger partial charge in [-0.25, -0.2) is 0 Å². The highest BCUT2D eigenvalue weighted by Gasteiger charge is 2.16. The number of aromatic nitrogens is 1. The lowest BCUT2D eigenvalue weighted by molar-refractivity contribution is -0.132. The molecule has 0 unspecified atom stereocenters. The van der Waals surface area contributed by atoms with Crippen molar-refractivity contribution in [2.75, 3.05) is 37.8 Å². The van der Waals surface area contributed by atoms with Gasteiger partial charge in [0.2, 0.25) is 5.91 Å². The number of nitrogens with zero attached hydrogens (tertiary/aromatic N) is 3. The molecule has 6 nitrogen and oxygen atoms in total. The summed E-state index contributed by atoms with van der Waals surface area (Å²) in [6.07, 6.45) is 1.85. The Morgan fingerprint density at radius 1 is 1.40 bits per heavy atom. The van der Waals surface area contributed by atoms with Gasteiger partial charge in [-0.1, -0.05) is 0 Å². The minimum absolute atomic E-state index is 0.0628. The average Bonchev–Trinajstić information content (AvgIpc) is 2.85. The normalized spacial score (nSPS) is 16.4. The molecule has 8 heteroatoms. The topological polar surface area (TPSA) is 63.9 Å². The van der Waals surface area contributed by atoms with Crippen molar-refractivity contribution >= 4 is 34.9 Å². The third-order valence-electron chi connectivity index (χ3n) is 2.79. The minimum atomic E-state index is -0.206. The fourth-order valence-electron chi connectivity index (χ4n) is 1.70. The molecule has 0 N–H and O–H groups in total. The molecule has 1 aliphatic heterocycles. The van der Waals surface area contributed by atoms with Crippen LogP contribution in [0.4, 0.5) is 0 Å². The lowest BCUT2D eigenvalue weighted by Crippen LogP contribution is -2.41. The zero-order valence-corrected chi connectivity index (χ0v) is 12.9. The van der Waals surface area contributed by atoms with Crippen LogP contribution in [0.15, 0.2) is 16.6 Å². The van der Waals surface area contributed by atoms with E-state index in [9.17, 15) is 9.59 Å². The van der Waals surface area contributed by atoms with Gasteiger partial charge in [0.25, 0.3) is 5.91 Å². The van der Waals surface area contributed by atoms with E-state index in [2.05, 4.69) is 4.99 Å². The summed E-state index contributed by atoms with van der Waals surface area (Å²) in [5, 5.41) is 1.88. The minimum Gasteiger partial charge on any atom is -0.378 e. The molecular formula is C12H17N3O3S2. The number of ether oxygens (including phenoxy) is 1. The molecule has 1 aromatic rings. The number of amides is 2. The number of hydrogen-bond acceptors (Lipinski definition) is 5. The van der Waals surface area contributed by atoms with E-state index in [0.717, 1.165) is 0 Å². The predicted molar refractivity (Wildman–Crippen MR) is 78.6 cm³/mol. The van der Waals surface area contributed by atoms with E-state index in [4.69, 9.17) is 4.74 Å². The molecule has 110 valence electrons. The van der Waals surface area contributed by atoms with Crippen LogP contribution in [0.3, 0.4) is 0 Å². The molecule has 20 heavy (non-hydrogen) atoms. The lowest BCUT2D eigenvalue weighted by Gasteiger charge is -2.26. The molecule has 0 aromatic carbocycles. The van der Waals surface area contributed by atoms with Crippen LogP contribution in [0.2, 0.25) is 0 Å². The van der Waals surface area contributed by atoms with E-state index >= 15 is 0 Å². The first-order valence-electron chi connectivity index (χ1n) is 6.28. The molecule has 0 aliphatic carbocycles. The van der Waals surface area contributed by atoms with Gasteiger partial charge in [-0.2, -0.15) is 4.99 Å². The van der Waals surface area contributed by atoms with Crippen LogP contribution >= 0.6 is 23.1 Å². The number of carbonyl (C=O) groups is 2. The van der Waals surface area contributed by atoms with Crippen LogP contribution in [0.25, 0.3) is 0 Å². The molecule has 0 saturated carbocycles. The quantitative estimate of drug-likeness (QED) is 0.791. The van der Waals surface area contributed by atoms with E-state index in [-0.39, 0.29) is 17.6 Å². The van der Waals surface area contributed by atoms with Crippen molar-refractivity contribution in [1.29, 1.82) is 0 Å². The monoisotopic (exact) mass is 315 g/mol. The highest BCUT2D eigenvalue weighted by molar-refractivity contribution is 8.00. The van der Waals surface area contributed by atoms with Crippen molar-refractivity contribution in [2.45, 2.75) is 0 Å². The van der Waals surface area contributed by atoms with Gasteiger partial charge in [0.1, 0.15) is 0 Å². The number of thiazole rings is 1. The van der Waals surface area contributed by atoms with Crippen molar-refractivity contribution in [3.05, 3.63) is 16.4 Å². The summed E-state index contributed by atoms with van der Waals surface area (Å²) in [5.74, 6) is 0.404. The zero-order valence-electron chi connectivity index (χ0n) is 11.3. The van der Waals surface area contributed by atoms with Gasteiger partial charge in [0, 0.05) is 31.7 Å². The van der Waals surface area contributed by atoms with Crippen molar-refractivity contribution in [1.82, 2.24) is 9.47 Å². The fourth-order valence-corrected chi connectivity index (χ4v) is 3.15. The van der Waals surface area contributed by atoms with Gasteiger partial charge in [-0.15, -0.1) is 23.1 Å². The second-order valence-electron chi connectivity index (χ2n) is 4.29. The van der Waals surface area contributed by atoms with Gasteiger partial charge in [0.15, 0.2) is 4.80 Å². The Morgan fingerprint density at radius 2 is 2.15 bits per heavy atom. The van der Waals surface area contributed by atoms with E-state index in [1.54, 1.807) is 9.47 Å². The van der Waals surface area contributed by atoms with Gasteiger partial charge in [-0.05, 0) is 0 Å². The van der Waals surface area contributed by atoms with Gasteiger partial charge < -0.3 is 14.2 Å². The molecule has 2 amide bonds. The summed E-state index contributed by atoms with van der Waals surface area (Å²) in [4.78, 5) is 30.0. The lowest BCUT2D eigenvalue weighted by atomic mass is 10.4. The third kappa shape index (κ3) is 4.46. The molecule has 1 fully saturated rings. The molecule has 1 aromatic heterocycles. The molecule has 0 radical (unpaired) electrons. The molecule has 2 heterocycles. The smallest absolute Gasteiger partial charge is 0.258 e. The first kappa shape index (κ1) is 15.3. The molecule has 2 rings (SSSR count). The second-order valence-corrected chi connectivity index (χ2v) is 6.15. The summed E-state index contributed by atoms with van der Waals surface area (Å²) in [5.41, 5.74) is 0. The Balaban J connectivity index is 1.74. The van der Waals surface area contributed by atoms with Crippen molar-refractivity contribution in [2.24, 2.45) is 12.0 Å². The zero-order chi connectivity index (χ0) is 14.4. The van der Waals surface area contributed by atoms with E-state index in [1.807, 2.05) is 18.6 Å². The standard InChI is InChI=1S/C12H17N3O3S2/c1-14-4-7-20-12(14)13-10(16)8-19-9-11(17)15-2-5-18-6-3-15/h4,7H,2-3,5-6,8-9H2,1H3.